The lowest BCUT2D eigenvalue weighted by Gasteiger charge is -2.25. The molecule has 0 saturated heterocycles. The Balaban J connectivity index is 2.03. The minimum absolute atomic E-state index is 0.00855. The first kappa shape index (κ1) is 14.1. The van der Waals surface area contributed by atoms with Gasteiger partial charge in [0.25, 0.3) is 0 Å². The highest BCUT2D eigenvalue weighted by atomic mass is 16.5. The van der Waals surface area contributed by atoms with Gasteiger partial charge in [-0.2, -0.15) is 0 Å². The van der Waals surface area contributed by atoms with Crippen LogP contribution in [0.2, 0.25) is 0 Å². The molecule has 6 nitrogen and oxygen atoms in total. The average Bonchev–Trinajstić information content (AvgIpc) is 2.51. The zero-order chi connectivity index (χ0) is 15.9. The summed E-state index contributed by atoms with van der Waals surface area (Å²) < 4.78 is 10.4. The van der Waals surface area contributed by atoms with Crippen molar-refractivity contribution in [2.45, 2.75) is 5.92 Å². The summed E-state index contributed by atoms with van der Waals surface area (Å²) in [5, 5.41) is 29.4. The van der Waals surface area contributed by atoms with E-state index in [1.54, 1.807) is 0 Å². The maximum Gasteiger partial charge on any atom is 0.200 e. The summed E-state index contributed by atoms with van der Waals surface area (Å²) >= 11 is 0. The second kappa shape index (κ2) is 5.14. The number of hydrogen-bond acceptors (Lipinski definition) is 6. The van der Waals surface area contributed by atoms with Crippen LogP contribution in [0.1, 0.15) is 21.8 Å². The molecule has 3 N–H and O–H groups in total. The van der Waals surface area contributed by atoms with E-state index in [0.717, 1.165) is 0 Å². The molecule has 0 aliphatic carbocycles. The Morgan fingerprint density at radius 3 is 2.64 bits per heavy atom. The Morgan fingerprint density at radius 1 is 1.14 bits per heavy atom. The van der Waals surface area contributed by atoms with Gasteiger partial charge in [0.05, 0.1) is 18.6 Å². The first-order valence-electron chi connectivity index (χ1n) is 6.61. The van der Waals surface area contributed by atoms with E-state index in [-0.39, 0.29) is 29.5 Å². The molecule has 1 aliphatic rings. The van der Waals surface area contributed by atoms with E-state index in [1.807, 2.05) is 0 Å². The summed E-state index contributed by atoms with van der Waals surface area (Å²) in [6.45, 7) is 0.00855. The number of fused-ring (bicyclic) bond motifs is 1. The van der Waals surface area contributed by atoms with Crippen LogP contribution in [-0.2, 0) is 0 Å². The van der Waals surface area contributed by atoms with Gasteiger partial charge in [-0.05, 0) is 18.2 Å². The van der Waals surface area contributed by atoms with Gasteiger partial charge < -0.3 is 24.8 Å². The highest BCUT2D eigenvalue weighted by Gasteiger charge is 2.33. The van der Waals surface area contributed by atoms with Gasteiger partial charge in [-0.1, -0.05) is 6.07 Å². The molecule has 6 heteroatoms. The van der Waals surface area contributed by atoms with Crippen molar-refractivity contribution >= 4 is 5.78 Å². The summed E-state index contributed by atoms with van der Waals surface area (Å²) in [5.41, 5.74) is 0.589. The van der Waals surface area contributed by atoms with E-state index in [1.165, 1.54) is 37.4 Å². The highest BCUT2D eigenvalue weighted by molar-refractivity contribution is 6.04. The molecule has 2 aromatic rings. The van der Waals surface area contributed by atoms with Crippen LogP contribution >= 0.6 is 0 Å². The largest absolute Gasteiger partial charge is 0.508 e. The van der Waals surface area contributed by atoms with Crippen LogP contribution in [0, 0.1) is 0 Å². The summed E-state index contributed by atoms with van der Waals surface area (Å²) in [5.74, 6) is -1.37. The number of Topliss-reactive ketones (excluding diaryl/α,β-unsaturated/α-hetero) is 1. The monoisotopic (exact) mass is 302 g/mol. The Bertz CT molecular complexity index is 753. The number of rotatable bonds is 2. The SMILES string of the molecule is COc1ccc(C2COc3cc(O)ccc3C2=O)c(O)c1O. The lowest BCUT2D eigenvalue weighted by molar-refractivity contribution is 0.0893. The maximum absolute atomic E-state index is 12.6. The van der Waals surface area contributed by atoms with Gasteiger partial charge in [0.1, 0.15) is 18.1 Å². The molecule has 0 bridgehead atoms. The second-order valence-corrected chi connectivity index (χ2v) is 4.96. The number of methoxy groups -OCH3 is 1. The quantitative estimate of drug-likeness (QED) is 0.736. The predicted molar refractivity (Wildman–Crippen MR) is 77.0 cm³/mol. The smallest absolute Gasteiger partial charge is 0.200 e. The number of hydrogen-bond donors (Lipinski definition) is 3. The van der Waals surface area contributed by atoms with E-state index in [9.17, 15) is 20.1 Å². The molecule has 0 spiro atoms. The van der Waals surface area contributed by atoms with E-state index >= 15 is 0 Å². The number of ether oxygens (including phenoxy) is 2. The Hall–Kier alpha value is -2.89. The van der Waals surface area contributed by atoms with Gasteiger partial charge >= 0.3 is 0 Å². The number of benzene rings is 2. The summed E-state index contributed by atoms with van der Waals surface area (Å²) in [4.78, 5) is 12.6. The van der Waals surface area contributed by atoms with Crippen LogP contribution in [0.15, 0.2) is 30.3 Å². The number of aromatic hydroxyl groups is 3. The third-order valence-corrected chi connectivity index (χ3v) is 3.69. The van der Waals surface area contributed by atoms with Gasteiger partial charge in [0, 0.05) is 11.6 Å². The molecule has 0 amide bonds. The minimum Gasteiger partial charge on any atom is -0.508 e. The molecule has 1 unspecified atom stereocenters. The lowest BCUT2D eigenvalue weighted by Crippen LogP contribution is -2.26. The van der Waals surface area contributed by atoms with E-state index in [0.29, 0.717) is 11.3 Å². The molecule has 1 aliphatic heterocycles. The van der Waals surface area contributed by atoms with Gasteiger partial charge in [-0.15, -0.1) is 0 Å². The van der Waals surface area contributed by atoms with Crippen molar-refractivity contribution in [2.75, 3.05) is 13.7 Å². The molecule has 3 rings (SSSR count). The predicted octanol–water partition coefficient (Wildman–Crippen LogP) is 2.17. The van der Waals surface area contributed by atoms with E-state index in [4.69, 9.17) is 9.47 Å². The van der Waals surface area contributed by atoms with Crippen LogP contribution in [0.5, 0.6) is 28.7 Å². The lowest BCUT2D eigenvalue weighted by atomic mass is 9.88. The molecule has 0 saturated carbocycles. The second-order valence-electron chi connectivity index (χ2n) is 4.96. The van der Waals surface area contributed by atoms with Crippen molar-refractivity contribution < 1.29 is 29.6 Å². The molecule has 114 valence electrons. The third-order valence-electron chi connectivity index (χ3n) is 3.69. The zero-order valence-corrected chi connectivity index (χ0v) is 11.7. The van der Waals surface area contributed by atoms with E-state index < -0.39 is 17.4 Å². The molecule has 1 heterocycles. The average molecular weight is 302 g/mol. The van der Waals surface area contributed by atoms with Crippen molar-refractivity contribution in [3.05, 3.63) is 41.5 Å². The molecule has 0 fully saturated rings. The van der Waals surface area contributed by atoms with Gasteiger partial charge in [0.2, 0.25) is 5.75 Å². The fourth-order valence-electron chi connectivity index (χ4n) is 2.52. The summed E-state index contributed by atoms with van der Waals surface area (Å²) in [6, 6.07) is 7.23. The van der Waals surface area contributed by atoms with Crippen molar-refractivity contribution in [2.24, 2.45) is 0 Å². The van der Waals surface area contributed by atoms with Crippen LogP contribution < -0.4 is 9.47 Å². The minimum atomic E-state index is -0.742. The fraction of sp³-hybridized carbons (Fsp3) is 0.188. The number of ketones is 1. The maximum atomic E-state index is 12.6. The molecular weight excluding hydrogens is 288 g/mol. The zero-order valence-electron chi connectivity index (χ0n) is 11.7. The van der Waals surface area contributed by atoms with Crippen molar-refractivity contribution in [1.29, 1.82) is 0 Å². The molecular formula is C16H14O6. The van der Waals surface area contributed by atoms with Crippen LogP contribution in [0.3, 0.4) is 0 Å². The topological polar surface area (TPSA) is 96.2 Å². The van der Waals surface area contributed by atoms with E-state index in [2.05, 4.69) is 0 Å². The number of phenolic OH excluding ortho intramolecular Hbond substituents is 3. The number of phenols is 3. The van der Waals surface area contributed by atoms with Gasteiger partial charge in [0.15, 0.2) is 17.3 Å². The van der Waals surface area contributed by atoms with Crippen molar-refractivity contribution in [3.63, 3.8) is 0 Å². The van der Waals surface area contributed by atoms with Crippen molar-refractivity contribution in [3.8, 4) is 28.7 Å². The molecule has 0 aromatic heterocycles. The van der Waals surface area contributed by atoms with Crippen LogP contribution in [0.25, 0.3) is 0 Å². The third kappa shape index (κ3) is 2.09. The van der Waals surface area contributed by atoms with Crippen LogP contribution in [0.4, 0.5) is 0 Å². The van der Waals surface area contributed by atoms with Crippen LogP contribution in [-0.4, -0.2) is 34.8 Å². The Morgan fingerprint density at radius 2 is 1.91 bits per heavy atom. The summed E-state index contributed by atoms with van der Waals surface area (Å²) in [6.07, 6.45) is 0. The number of carbonyl (C=O) groups is 1. The Labute approximate surface area is 126 Å². The van der Waals surface area contributed by atoms with Gasteiger partial charge in [-0.25, -0.2) is 0 Å². The Kier molecular flexibility index (Phi) is 3.29. The number of carbonyl (C=O) groups excluding carboxylic acids is 1. The summed E-state index contributed by atoms with van der Waals surface area (Å²) in [7, 11) is 1.37. The van der Waals surface area contributed by atoms with Crippen molar-refractivity contribution in [1.82, 2.24) is 0 Å². The molecule has 22 heavy (non-hydrogen) atoms. The first-order valence-corrected chi connectivity index (χ1v) is 6.61. The standard InChI is InChI=1S/C16H14O6/c1-21-12-5-4-9(15(19)16(12)20)11-7-22-13-6-8(17)2-3-10(13)14(11)18/h2-6,11,17,19-20H,7H2,1H3. The highest BCUT2D eigenvalue weighted by Crippen LogP contribution is 2.43. The molecule has 2 aromatic carbocycles. The molecule has 1 atom stereocenters. The molecule has 0 radical (unpaired) electrons. The fourth-order valence-corrected chi connectivity index (χ4v) is 2.52. The first-order chi connectivity index (χ1) is 10.5. The normalized spacial score (nSPS) is 16.8. The van der Waals surface area contributed by atoms with Gasteiger partial charge in [-0.3, -0.25) is 4.79 Å².